The summed E-state index contributed by atoms with van der Waals surface area (Å²) < 4.78 is 14.2. The molecule has 2 rings (SSSR count). The van der Waals surface area contributed by atoms with Crippen molar-refractivity contribution in [2.45, 2.75) is 32.6 Å². The maximum absolute atomic E-state index is 13.8. The van der Waals surface area contributed by atoms with Gasteiger partial charge >= 0.3 is 0 Å². The van der Waals surface area contributed by atoms with Crippen molar-refractivity contribution in [3.63, 3.8) is 0 Å². The molecule has 0 unspecified atom stereocenters. The predicted octanol–water partition coefficient (Wildman–Crippen LogP) is 4.21. The minimum Gasteiger partial charge on any atom is -0.309 e. The van der Waals surface area contributed by atoms with Crippen molar-refractivity contribution in [3.8, 4) is 0 Å². The molecule has 2 aromatic rings. The fourth-order valence-corrected chi connectivity index (χ4v) is 2.97. The predicted molar refractivity (Wildman–Crippen MR) is 85.5 cm³/mol. The van der Waals surface area contributed by atoms with Crippen molar-refractivity contribution >= 4 is 27.5 Å². The Bertz CT molecular complexity index is 717. The molecule has 1 aromatic heterocycles. The maximum atomic E-state index is 13.8. The molecule has 0 spiro atoms. The van der Waals surface area contributed by atoms with Crippen molar-refractivity contribution in [2.24, 2.45) is 0 Å². The highest BCUT2D eigenvalue weighted by Crippen LogP contribution is 2.26. The van der Waals surface area contributed by atoms with Gasteiger partial charge in [-0.1, -0.05) is 38.4 Å². The zero-order valence-electron chi connectivity index (χ0n) is 11.9. The second-order valence-electron chi connectivity index (χ2n) is 5.80. The Morgan fingerprint density at radius 2 is 2.05 bits per heavy atom. The van der Waals surface area contributed by atoms with Gasteiger partial charge in [-0.15, -0.1) is 0 Å². The summed E-state index contributed by atoms with van der Waals surface area (Å²) in [7, 11) is 0. The smallest absolute Gasteiger partial charge is 0.265 e. The van der Waals surface area contributed by atoms with Gasteiger partial charge in [0.05, 0.1) is 5.69 Å². The Balaban J connectivity index is 2.52. The Morgan fingerprint density at radius 1 is 1.38 bits per heavy atom. The molecule has 0 aliphatic heterocycles. The van der Waals surface area contributed by atoms with E-state index >= 15 is 0 Å². The zero-order valence-corrected chi connectivity index (χ0v) is 14.3. The van der Waals surface area contributed by atoms with Gasteiger partial charge in [0.2, 0.25) is 0 Å². The molecule has 0 amide bonds. The van der Waals surface area contributed by atoms with Crippen molar-refractivity contribution in [1.82, 2.24) is 9.97 Å². The highest BCUT2D eigenvalue weighted by Gasteiger charge is 2.22. The molecule has 1 heterocycles. The molecule has 1 aromatic carbocycles. The van der Waals surface area contributed by atoms with Gasteiger partial charge in [0.15, 0.2) is 0 Å². The van der Waals surface area contributed by atoms with Gasteiger partial charge in [-0.25, -0.2) is 9.37 Å². The van der Waals surface area contributed by atoms with Crippen LogP contribution in [0, 0.1) is 5.82 Å². The number of nitrogens with zero attached hydrogens (tertiary/aromatic N) is 1. The Kier molecular flexibility index (Phi) is 4.54. The second kappa shape index (κ2) is 5.89. The SMILES string of the molecule is CC(C)(C)c1nc(Cc2c(F)cccc2Cl)[nH]c(=O)c1Br. The number of nitrogens with one attached hydrogen (secondary N) is 1. The number of hydrogen-bond acceptors (Lipinski definition) is 2. The molecular formula is C15H15BrClFN2O. The first-order chi connectivity index (χ1) is 9.70. The molecule has 0 atom stereocenters. The molecule has 0 saturated carbocycles. The summed E-state index contributed by atoms with van der Waals surface area (Å²) in [5.74, 6) is -0.0227. The van der Waals surface area contributed by atoms with Crippen molar-refractivity contribution in [2.75, 3.05) is 0 Å². The molecule has 0 bridgehead atoms. The average molecular weight is 374 g/mol. The first-order valence-electron chi connectivity index (χ1n) is 6.42. The van der Waals surface area contributed by atoms with E-state index in [1.807, 2.05) is 20.8 Å². The summed E-state index contributed by atoms with van der Waals surface area (Å²) >= 11 is 9.27. The number of hydrogen-bond donors (Lipinski definition) is 1. The van der Waals surface area contributed by atoms with Crippen LogP contribution < -0.4 is 5.56 Å². The monoisotopic (exact) mass is 372 g/mol. The zero-order chi connectivity index (χ0) is 15.8. The summed E-state index contributed by atoms with van der Waals surface area (Å²) in [5.41, 5.74) is 0.372. The Labute approximate surface area is 135 Å². The molecule has 0 radical (unpaired) electrons. The average Bonchev–Trinajstić information content (AvgIpc) is 2.36. The van der Waals surface area contributed by atoms with E-state index in [1.54, 1.807) is 12.1 Å². The third-order valence-electron chi connectivity index (χ3n) is 3.03. The van der Waals surface area contributed by atoms with Crippen molar-refractivity contribution in [3.05, 3.63) is 60.9 Å². The van der Waals surface area contributed by atoms with Crippen LogP contribution in [0.15, 0.2) is 27.5 Å². The van der Waals surface area contributed by atoms with E-state index < -0.39 is 5.82 Å². The van der Waals surface area contributed by atoms with Gasteiger partial charge in [0.25, 0.3) is 5.56 Å². The molecule has 21 heavy (non-hydrogen) atoms. The lowest BCUT2D eigenvalue weighted by Gasteiger charge is -2.19. The van der Waals surface area contributed by atoms with Crippen LogP contribution in [0.5, 0.6) is 0 Å². The van der Waals surface area contributed by atoms with Gasteiger partial charge in [-0.3, -0.25) is 4.79 Å². The minimum atomic E-state index is -0.412. The fraction of sp³-hybridized carbons (Fsp3) is 0.333. The lowest BCUT2D eigenvalue weighted by atomic mass is 9.92. The normalized spacial score (nSPS) is 11.7. The van der Waals surface area contributed by atoms with Crippen LogP contribution in [-0.4, -0.2) is 9.97 Å². The standard InChI is InChI=1S/C15H15BrClFN2O/c1-15(2,3)13-12(16)14(21)20-11(19-13)7-8-9(17)5-4-6-10(8)18/h4-6H,7H2,1-3H3,(H,19,20,21). The van der Waals surface area contributed by atoms with Crippen LogP contribution >= 0.6 is 27.5 Å². The molecule has 0 aliphatic carbocycles. The van der Waals surface area contributed by atoms with E-state index in [0.717, 1.165) is 0 Å². The number of aromatic nitrogens is 2. The number of H-pyrrole nitrogens is 1. The van der Waals surface area contributed by atoms with Crippen LogP contribution in [0.4, 0.5) is 4.39 Å². The van der Waals surface area contributed by atoms with Gasteiger partial charge < -0.3 is 4.98 Å². The molecular weight excluding hydrogens is 359 g/mol. The third kappa shape index (κ3) is 3.52. The van der Waals surface area contributed by atoms with Crippen LogP contribution in [0.3, 0.4) is 0 Å². The van der Waals surface area contributed by atoms with Crippen LogP contribution in [0.25, 0.3) is 0 Å². The number of aromatic amines is 1. The summed E-state index contributed by atoms with van der Waals surface area (Å²) in [6, 6.07) is 4.49. The number of benzene rings is 1. The summed E-state index contributed by atoms with van der Waals surface area (Å²) in [6.07, 6.45) is 0.136. The largest absolute Gasteiger partial charge is 0.309 e. The summed E-state index contributed by atoms with van der Waals surface area (Å²) in [6.45, 7) is 5.87. The molecule has 0 aliphatic rings. The summed E-state index contributed by atoms with van der Waals surface area (Å²) in [5, 5.41) is 0.317. The maximum Gasteiger partial charge on any atom is 0.265 e. The van der Waals surface area contributed by atoms with Crippen LogP contribution in [0.2, 0.25) is 5.02 Å². The Hall–Kier alpha value is -1.20. The quantitative estimate of drug-likeness (QED) is 0.857. The first kappa shape index (κ1) is 16.2. The minimum absolute atomic E-state index is 0.136. The highest BCUT2D eigenvalue weighted by molar-refractivity contribution is 9.10. The van der Waals surface area contributed by atoms with E-state index in [9.17, 15) is 9.18 Å². The number of rotatable bonds is 2. The topological polar surface area (TPSA) is 45.8 Å². The van der Waals surface area contributed by atoms with E-state index in [0.29, 0.717) is 26.6 Å². The fourth-order valence-electron chi connectivity index (χ4n) is 1.95. The first-order valence-corrected chi connectivity index (χ1v) is 7.59. The molecule has 1 N–H and O–H groups in total. The summed E-state index contributed by atoms with van der Waals surface area (Å²) in [4.78, 5) is 19.1. The lowest BCUT2D eigenvalue weighted by molar-refractivity contribution is 0.556. The van der Waals surface area contributed by atoms with E-state index in [2.05, 4.69) is 25.9 Å². The molecule has 0 fully saturated rings. The van der Waals surface area contributed by atoms with Crippen molar-refractivity contribution in [1.29, 1.82) is 0 Å². The van der Waals surface area contributed by atoms with Gasteiger partial charge in [0.1, 0.15) is 16.1 Å². The molecule has 112 valence electrons. The third-order valence-corrected chi connectivity index (χ3v) is 4.12. The van der Waals surface area contributed by atoms with E-state index in [-0.39, 0.29) is 17.4 Å². The number of halogens is 3. The van der Waals surface area contributed by atoms with E-state index in [1.165, 1.54) is 6.07 Å². The van der Waals surface area contributed by atoms with Crippen LogP contribution in [0.1, 0.15) is 37.9 Å². The molecule has 6 heteroatoms. The van der Waals surface area contributed by atoms with Crippen molar-refractivity contribution < 1.29 is 4.39 Å². The van der Waals surface area contributed by atoms with Gasteiger partial charge in [-0.05, 0) is 28.1 Å². The molecule has 3 nitrogen and oxygen atoms in total. The van der Waals surface area contributed by atoms with Gasteiger partial charge in [0, 0.05) is 22.4 Å². The van der Waals surface area contributed by atoms with Gasteiger partial charge in [-0.2, -0.15) is 0 Å². The van der Waals surface area contributed by atoms with Crippen LogP contribution in [-0.2, 0) is 11.8 Å². The second-order valence-corrected chi connectivity index (χ2v) is 7.00. The molecule has 0 saturated heterocycles. The van der Waals surface area contributed by atoms with E-state index in [4.69, 9.17) is 11.6 Å². The Morgan fingerprint density at radius 3 is 2.62 bits per heavy atom. The lowest BCUT2D eigenvalue weighted by Crippen LogP contribution is -2.23. The highest BCUT2D eigenvalue weighted by atomic mass is 79.9.